The summed E-state index contributed by atoms with van der Waals surface area (Å²) >= 11 is 0. The Bertz CT molecular complexity index is 517. The van der Waals surface area contributed by atoms with E-state index >= 15 is 0 Å². The Morgan fingerprint density at radius 2 is 1.00 bits per heavy atom. The van der Waals surface area contributed by atoms with Crippen molar-refractivity contribution in [2.75, 3.05) is 0 Å². The van der Waals surface area contributed by atoms with Crippen LogP contribution in [0.25, 0.3) is 4.13 Å². The molecule has 0 heterocycles. The molecule has 0 aliphatic carbocycles. The van der Waals surface area contributed by atoms with Crippen LogP contribution >= 0.6 is 0 Å². The van der Waals surface area contributed by atoms with Gasteiger partial charge in [-0.2, -0.15) is 35.1 Å². The third kappa shape index (κ3) is 4.18. The summed E-state index contributed by atoms with van der Waals surface area (Å²) in [4.78, 5) is 0. The molecule has 110 valence electrons. The molecule has 0 spiro atoms. The quantitative estimate of drug-likeness (QED) is 0.473. The van der Waals surface area contributed by atoms with E-state index in [1.807, 2.05) is 0 Å². The summed E-state index contributed by atoms with van der Waals surface area (Å²) in [5.74, 6) is 0. The number of alkyl halides is 8. The van der Waals surface area contributed by atoms with E-state index in [0.717, 1.165) is 0 Å². The molecule has 0 saturated heterocycles. The van der Waals surface area contributed by atoms with Crippen LogP contribution < -0.4 is 18.9 Å². The molecule has 0 unspecified atom stereocenters. The van der Waals surface area contributed by atoms with Crippen LogP contribution in [0.4, 0.5) is 35.1 Å². The third-order valence-electron chi connectivity index (χ3n) is 1.14. The SMILES string of the molecule is O=S(=O)([N-]S(=O)(=O)C(F)(F)C(F)(F)F)C(F)(F)F.[Li+]. The molecule has 0 radical (unpaired) electrons. The van der Waals surface area contributed by atoms with Crippen LogP contribution in [0.1, 0.15) is 0 Å². The van der Waals surface area contributed by atoms with E-state index in [-0.39, 0.29) is 18.9 Å². The maximum atomic E-state index is 12.2. The van der Waals surface area contributed by atoms with Gasteiger partial charge in [0.15, 0.2) is 20.0 Å². The standard InChI is InChI=1S/C3F8NO4S2.Li/c4-1(5,6)2(7,8)17(13,14)12-18(15,16)3(9,10)11;/q-1;+1. The van der Waals surface area contributed by atoms with Gasteiger partial charge in [-0.1, -0.05) is 0 Å². The number of hydrogen-bond donors (Lipinski definition) is 0. The summed E-state index contributed by atoms with van der Waals surface area (Å²) in [5, 5.41) is -6.77. The first kappa shape index (κ1) is 21.2. The molecule has 0 aliphatic heterocycles. The molecule has 16 heteroatoms. The van der Waals surface area contributed by atoms with Gasteiger partial charge in [0.25, 0.3) is 0 Å². The number of sulfonamides is 2. The second kappa shape index (κ2) is 5.35. The van der Waals surface area contributed by atoms with Crippen LogP contribution in [0, 0.1) is 0 Å². The van der Waals surface area contributed by atoms with Gasteiger partial charge in [0.1, 0.15) is 0 Å². The van der Waals surface area contributed by atoms with E-state index in [2.05, 4.69) is 0 Å². The number of rotatable bonds is 3. The molecule has 0 bridgehead atoms. The van der Waals surface area contributed by atoms with Crippen molar-refractivity contribution in [3.63, 3.8) is 0 Å². The van der Waals surface area contributed by atoms with Gasteiger partial charge in [-0.05, 0) is 0 Å². The number of halogens is 8. The molecule has 0 atom stereocenters. The van der Waals surface area contributed by atoms with Crippen molar-refractivity contribution in [1.29, 1.82) is 0 Å². The van der Waals surface area contributed by atoms with Gasteiger partial charge in [0, 0.05) is 0 Å². The average molecular weight is 337 g/mol. The summed E-state index contributed by atoms with van der Waals surface area (Å²) < 4.78 is 135. The van der Waals surface area contributed by atoms with Crippen LogP contribution in [-0.4, -0.2) is 33.8 Å². The molecule has 0 amide bonds. The fourth-order valence-electron chi connectivity index (χ4n) is 0.364. The van der Waals surface area contributed by atoms with E-state index in [9.17, 15) is 52.0 Å². The van der Waals surface area contributed by atoms with Gasteiger partial charge < -0.3 is 4.13 Å². The molecule has 5 nitrogen and oxygen atoms in total. The Hall–Kier alpha value is -0.103. The Labute approximate surface area is 112 Å². The first-order valence-corrected chi connectivity index (χ1v) is 6.08. The Morgan fingerprint density at radius 1 is 0.684 bits per heavy atom. The van der Waals surface area contributed by atoms with Gasteiger partial charge in [0.05, 0.1) is 0 Å². The largest absolute Gasteiger partial charge is 1.00 e. The van der Waals surface area contributed by atoms with Crippen molar-refractivity contribution < 1.29 is 70.8 Å². The molecule has 0 saturated carbocycles. The van der Waals surface area contributed by atoms with Crippen molar-refractivity contribution in [1.82, 2.24) is 0 Å². The van der Waals surface area contributed by atoms with Gasteiger partial charge in [-0.3, -0.25) is 0 Å². The summed E-state index contributed by atoms with van der Waals surface area (Å²) in [5.41, 5.74) is -6.43. The summed E-state index contributed by atoms with van der Waals surface area (Å²) in [6.45, 7) is 0. The normalized spacial score (nSPS) is 14.9. The average Bonchev–Trinajstić information content (AvgIpc) is 1.96. The zero-order chi connectivity index (χ0) is 15.2. The van der Waals surface area contributed by atoms with E-state index in [0.29, 0.717) is 4.13 Å². The minimum Gasteiger partial charge on any atom is -0.423 e. The van der Waals surface area contributed by atoms with Gasteiger partial charge in [-0.15, -0.1) is 0 Å². The van der Waals surface area contributed by atoms with Gasteiger partial charge in [0.2, 0.25) is 0 Å². The van der Waals surface area contributed by atoms with Crippen LogP contribution in [0.2, 0.25) is 0 Å². The zero-order valence-corrected chi connectivity index (χ0v) is 10.1. The molecule has 0 rings (SSSR count). The Balaban J connectivity index is 0. The van der Waals surface area contributed by atoms with Crippen molar-refractivity contribution in [2.24, 2.45) is 0 Å². The van der Waals surface area contributed by atoms with Crippen molar-refractivity contribution in [3.05, 3.63) is 4.13 Å². The predicted molar refractivity (Wildman–Crippen MR) is 38.3 cm³/mol. The molecule has 0 aromatic rings. The fourth-order valence-corrected chi connectivity index (χ4v) is 2.40. The number of nitrogens with zero attached hydrogens (tertiary/aromatic N) is 1. The van der Waals surface area contributed by atoms with E-state index < -0.39 is 37.0 Å². The molecule has 0 fully saturated rings. The fraction of sp³-hybridized carbons (Fsp3) is 1.00. The van der Waals surface area contributed by atoms with Crippen molar-refractivity contribution in [3.8, 4) is 0 Å². The minimum atomic E-state index is -7.30. The monoisotopic (exact) mass is 337 g/mol. The third-order valence-corrected chi connectivity index (χ3v) is 4.18. The second-order valence-electron chi connectivity index (χ2n) is 2.48. The second-order valence-corrected chi connectivity index (χ2v) is 5.96. The maximum Gasteiger partial charge on any atom is 1.00 e. The first-order valence-electron chi connectivity index (χ1n) is 3.20. The predicted octanol–water partition coefficient (Wildman–Crippen LogP) is -1.30. The number of hydrogen-bond acceptors (Lipinski definition) is 4. The Morgan fingerprint density at radius 3 is 1.21 bits per heavy atom. The van der Waals surface area contributed by atoms with Gasteiger partial charge in [-0.25, -0.2) is 16.8 Å². The molecular formula is C3F8LiNO4S2. The molecule has 19 heavy (non-hydrogen) atoms. The van der Waals surface area contributed by atoms with E-state index in [4.69, 9.17) is 0 Å². The van der Waals surface area contributed by atoms with Crippen molar-refractivity contribution in [2.45, 2.75) is 16.9 Å². The summed E-state index contributed by atoms with van der Waals surface area (Å²) in [6, 6.07) is 0. The summed E-state index contributed by atoms with van der Waals surface area (Å²) in [6.07, 6.45) is -6.82. The topological polar surface area (TPSA) is 82.4 Å². The summed E-state index contributed by atoms with van der Waals surface area (Å²) in [7, 11) is -14.3. The van der Waals surface area contributed by atoms with E-state index in [1.165, 1.54) is 0 Å². The molecule has 0 aromatic carbocycles. The van der Waals surface area contributed by atoms with Gasteiger partial charge >= 0.3 is 35.8 Å². The van der Waals surface area contributed by atoms with E-state index in [1.54, 1.807) is 0 Å². The molecule has 0 aliphatic rings. The molecular weight excluding hydrogens is 337 g/mol. The minimum absolute atomic E-state index is 0. The van der Waals surface area contributed by atoms with Crippen LogP contribution in [0.3, 0.4) is 0 Å². The zero-order valence-electron chi connectivity index (χ0n) is 8.42. The molecule has 0 aromatic heterocycles. The van der Waals surface area contributed by atoms with Crippen molar-refractivity contribution >= 4 is 20.0 Å². The Kier molecular flexibility index (Phi) is 5.97. The maximum absolute atomic E-state index is 12.2. The van der Waals surface area contributed by atoms with Crippen LogP contribution in [-0.2, 0) is 20.0 Å². The smallest absolute Gasteiger partial charge is 0.423 e. The van der Waals surface area contributed by atoms with Crippen LogP contribution in [0.5, 0.6) is 0 Å². The first-order chi connectivity index (χ1) is 7.46. The van der Waals surface area contributed by atoms with Crippen LogP contribution in [0.15, 0.2) is 0 Å². The molecule has 0 N–H and O–H groups in total.